The molecule has 0 aliphatic carbocycles. The zero-order chi connectivity index (χ0) is 17.6. The Labute approximate surface area is 139 Å². The van der Waals surface area contributed by atoms with Crippen LogP contribution in [0.1, 0.15) is 0 Å². The quantitative estimate of drug-likeness (QED) is 0.239. The molecule has 0 bridgehead atoms. The SMILES string of the molecule is O=[N+]([O-])c1cc(Br)c2cnc(Cl)cc2c1OS(=O)(=O)C(F)(F)F. The number of hydrogen-bond acceptors (Lipinski definition) is 6. The molecule has 0 saturated carbocycles. The highest BCUT2D eigenvalue weighted by Crippen LogP contribution is 2.42. The smallest absolute Gasteiger partial charge is 0.368 e. The minimum atomic E-state index is -6.11. The molecule has 23 heavy (non-hydrogen) atoms. The third-order valence-electron chi connectivity index (χ3n) is 2.54. The zero-order valence-corrected chi connectivity index (χ0v) is 13.6. The number of nitro benzene ring substituents is 1. The van der Waals surface area contributed by atoms with E-state index in [1.807, 2.05) is 0 Å². The topological polar surface area (TPSA) is 99.4 Å². The van der Waals surface area contributed by atoms with Gasteiger partial charge >= 0.3 is 21.3 Å². The van der Waals surface area contributed by atoms with Gasteiger partial charge in [0.25, 0.3) is 0 Å². The normalized spacial score (nSPS) is 12.4. The van der Waals surface area contributed by atoms with Crippen LogP contribution in [0.25, 0.3) is 10.8 Å². The molecule has 0 spiro atoms. The van der Waals surface area contributed by atoms with Crippen LogP contribution < -0.4 is 4.18 Å². The lowest BCUT2D eigenvalue weighted by molar-refractivity contribution is -0.385. The molecule has 0 aliphatic rings. The highest BCUT2D eigenvalue weighted by Gasteiger charge is 2.49. The van der Waals surface area contributed by atoms with Gasteiger partial charge in [0.05, 0.1) is 4.92 Å². The fraction of sp³-hybridized carbons (Fsp3) is 0.100. The van der Waals surface area contributed by atoms with Crippen LogP contribution in [-0.2, 0) is 10.1 Å². The van der Waals surface area contributed by atoms with E-state index in [2.05, 4.69) is 25.1 Å². The molecule has 1 heterocycles. The van der Waals surface area contributed by atoms with Crippen LogP contribution in [0.5, 0.6) is 5.75 Å². The summed E-state index contributed by atoms with van der Waals surface area (Å²) in [4.78, 5) is 13.6. The Kier molecular flexibility index (Phi) is 4.43. The molecule has 2 aromatic rings. The second-order valence-corrected chi connectivity index (χ2v) is 6.78. The van der Waals surface area contributed by atoms with Gasteiger partial charge in [0.2, 0.25) is 5.75 Å². The van der Waals surface area contributed by atoms with Gasteiger partial charge in [-0.1, -0.05) is 11.6 Å². The molecule has 13 heteroatoms. The van der Waals surface area contributed by atoms with Crippen molar-refractivity contribution in [2.45, 2.75) is 5.51 Å². The van der Waals surface area contributed by atoms with Gasteiger partial charge in [0.1, 0.15) is 5.15 Å². The monoisotopic (exact) mass is 434 g/mol. The maximum absolute atomic E-state index is 12.5. The second-order valence-electron chi connectivity index (χ2n) is 4.00. The first-order valence-corrected chi connectivity index (χ1v) is 7.95. The molecule has 0 amide bonds. The number of hydrogen-bond donors (Lipinski definition) is 0. The molecule has 2 rings (SSSR count). The molecule has 1 aromatic heterocycles. The highest BCUT2D eigenvalue weighted by atomic mass is 79.9. The summed E-state index contributed by atoms with van der Waals surface area (Å²) in [5, 5.41) is 10.6. The van der Waals surface area contributed by atoms with Crippen LogP contribution in [-0.4, -0.2) is 23.8 Å². The van der Waals surface area contributed by atoms with Crippen molar-refractivity contribution in [3.05, 3.63) is 38.1 Å². The third kappa shape index (κ3) is 3.33. The first-order valence-electron chi connectivity index (χ1n) is 5.37. The van der Waals surface area contributed by atoms with Crippen molar-refractivity contribution in [3.8, 4) is 5.75 Å². The molecule has 7 nitrogen and oxygen atoms in total. The van der Waals surface area contributed by atoms with Crippen molar-refractivity contribution in [1.29, 1.82) is 0 Å². The van der Waals surface area contributed by atoms with Gasteiger partial charge in [-0.05, 0) is 22.0 Å². The number of pyridine rings is 1. The summed E-state index contributed by atoms with van der Waals surface area (Å²) in [5.74, 6) is -1.10. The third-order valence-corrected chi connectivity index (χ3v) is 4.36. The van der Waals surface area contributed by atoms with Gasteiger partial charge in [0.15, 0.2) is 0 Å². The average Bonchev–Trinajstić information content (AvgIpc) is 2.39. The largest absolute Gasteiger partial charge is 0.534 e. The van der Waals surface area contributed by atoms with Crippen LogP contribution in [0, 0.1) is 10.1 Å². The maximum atomic E-state index is 12.5. The van der Waals surface area contributed by atoms with Crippen molar-refractivity contribution in [2.75, 3.05) is 0 Å². The first kappa shape index (κ1) is 17.7. The minimum Gasteiger partial charge on any atom is -0.368 e. The van der Waals surface area contributed by atoms with Gasteiger partial charge < -0.3 is 4.18 Å². The van der Waals surface area contributed by atoms with Gasteiger partial charge in [0, 0.05) is 27.5 Å². The summed E-state index contributed by atoms with van der Waals surface area (Å²) in [5.41, 5.74) is -6.74. The van der Waals surface area contributed by atoms with Crippen LogP contribution in [0.15, 0.2) is 22.8 Å². The van der Waals surface area contributed by atoms with Gasteiger partial charge in [-0.3, -0.25) is 10.1 Å². The molecule has 0 fully saturated rings. The van der Waals surface area contributed by atoms with E-state index in [9.17, 15) is 31.7 Å². The Morgan fingerprint density at radius 3 is 2.43 bits per heavy atom. The fourth-order valence-electron chi connectivity index (χ4n) is 1.59. The Hall–Kier alpha value is -1.66. The van der Waals surface area contributed by atoms with Gasteiger partial charge in [-0.15, -0.1) is 0 Å². The van der Waals surface area contributed by atoms with Crippen molar-refractivity contribution in [1.82, 2.24) is 4.98 Å². The first-order chi connectivity index (χ1) is 10.4. The summed E-state index contributed by atoms with van der Waals surface area (Å²) in [7, 11) is -6.11. The van der Waals surface area contributed by atoms with Crippen molar-refractivity contribution in [3.63, 3.8) is 0 Å². The van der Waals surface area contributed by atoms with E-state index in [1.165, 1.54) is 0 Å². The Morgan fingerprint density at radius 1 is 1.30 bits per heavy atom. The molecular weight excluding hydrogens is 433 g/mol. The summed E-state index contributed by atoms with van der Waals surface area (Å²) >= 11 is 8.59. The minimum absolute atomic E-state index is 0.0763. The predicted molar refractivity (Wildman–Crippen MR) is 76.7 cm³/mol. The number of aromatic nitrogens is 1. The van der Waals surface area contributed by atoms with Gasteiger partial charge in [-0.2, -0.15) is 21.6 Å². The van der Waals surface area contributed by atoms with E-state index in [0.29, 0.717) is 0 Å². The van der Waals surface area contributed by atoms with E-state index in [1.54, 1.807) is 0 Å². The number of halogens is 5. The molecule has 0 radical (unpaired) electrons. The standard InChI is InChI=1S/C10H3BrClF3N2O5S/c11-6-2-7(17(18)19)9(22-23(20,21)10(13,14)15)4-1-8(12)16-3-5(4)6/h1-3H. The zero-order valence-electron chi connectivity index (χ0n) is 10.5. The molecule has 0 aliphatic heterocycles. The van der Waals surface area contributed by atoms with E-state index in [0.717, 1.165) is 18.3 Å². The number of nitrogens with zero attached hydrogens (tertiary/aromatic N) is 2. The van der Waals surface area contributed by atoms with Gasteiger partial charge in [-0.25, -0.2) is 4.98 Å². The summed E-state index contributed by atoms with van der Waals surface area (Å²) in [6.45, 7) is 0. The molecule has 124 valence electrons. The Bertz CT molecular complexity index is 919. The number of alkyl halides is 3. The molecule has 0 unspecified atom stereocenters. The maximum Gasteiger partial charge on any atom is 0.534 e. The lowest BCUT2D eigenvalue weighted by atomic mass is 10.1. The lowest BCUT2D eigenvalue weighted by Gasteiger charge is -2.12. The number of benzene rings is 1. The van der Waals surface area contributed by atoms with Crippen LogP contribution >= 0.6 is 27.5 Å². The summed E-state index contributed by atoms with van der Waals surface area (Å²) in [6.07, 6.45) is 1.10. The molecule has 0 atom stereocenters. The van der Waals surface area contributed by atoms with Crippen LogP contribution in [0.2, 0.25) is 5.15 Å². The van der Waals surface area contributed by atoms with Crippen molar-refractivity contribution in [2.24, 2.45) is 0 Å². The number of rotatable bonds is 3. The van der Waals surface area contributed by atoms with E-state index in [-0.39, 0.29) is 20.4 Å². The number of nitro groups is 1. The van der Waals surface area contributed by atoms with E-state index >= 15 is 0 Å². The predicted octanol–water partition coefficient (Wildman–Crippen LogP) is 3.79. The second kappa shape index (κ2) is 5.76. The van der Waals surface area contributed by atoms with Crippen molar-refractivity contribution >= 4 is 54.1 Å². The lowest BCUT2D eigenvalue weighted by Crippen LogP contribution is -2.28. The van der Waals surface area contributed by atoms with E-state index < -0.39 is 32.0 Å². The van der Waals surface area contributed by atoms with Crippen LogP contribution in [0.3, 0.4) is 0 Å². The highest BCUT2D eigenvalue weighted by molar-refractivity contribution is 9.10. The molecule has 0 N–H and O–H groups in total. The number of fused-ring (bicyclic) bond motifs is 1. The summed E-state index contributed by atoms with van der Waals surface area (Å²) in [6, 6.07) is 1.76. The molecular formula is C10H3BrClF3N2O5S. The van der Waals surface area contributed by atoms with Crippen LogP contribution in [0.4, 0.5) is 18.9 Å². The Morgan fingerprint density at radius 2 is 1.91 bits per heavy atom. The molecule has 0 saturated heterocycles. The summed E-state index contributed by atoms with van der Waals surface area (Å²) < 4.78 is 63.9. The van der Waals surface area contributed by atoms with Crippen molar-refractivity contribution < 1.29 is 30.7 Å². The van der Waals surface area contributed by atoms with E-state index in [4.69, 9.17) is 11.6 Å². The Balaban J connectivity index is 2.84. The molecule has 1 aromatic carbocycles. The fourth-order valence-corrected chi connectivity index (χ4v) is 2.77. The average molecular weight is 436 g/mol.